The molecule has 0 saturated heterocycles. The molecule has 8 nitrogen and oxygen atoms in total. The van der Waals surface area contributed by atoms with Crippen molar-refractivity contribution in [3.63, 3.8) is 0 Å². The molecule has 0 atom stereocenters. The number of methoxy groups -OCH3 is 2. The Morgan fingerprint density at radius 3 is 2.76 bits per heavy atom. The fourth-order valence-corrected chi connectivity index (χ4v) is 3.06. The molecule has 2 heterocycles. The zero-order valence-electron chi connectivity index (χ0n) is 16.1. The summed E-state index contributed by atoms with van der Waals surface area (Å²) in [4.78, 5) is 16.6. The molecule has 1 N–H and O–H groups in total. The van der Waals surface area contributed by atoms with Gasteiger partial charge in [-0.3, -0.25) is 4.79 Å². The number of amides is 1. The van der Waals surface area contributed by atoms with Gasteiger partial charge in [0.2, 0.25) is 5.91 Å². The van der Waals surface area contributed by atoms with E-state index in [1.54, 1.807) is 32.7 Å². The molecular weight excluding hydrogens is 372 g/mol. The minimum Gasteiger partial charge on any atom is -0.493 e. The van der Waals surface area contributed by atoms with Crippen LogP contribution in [0.2, 0.25) is 0 Å². The third kappa shape index (κ3) is 3.91. The lowest BCUT2D eigenvalue weighted by Crippen LogP contribution is -2.26. The smallest absolute Gasteiger partial charge is 0.240 e. The summed E-state index contributed by atoms with van der Waals surface area (Å²) in [6.45, 7) is 0.448. The molecule has 8 heteroatoms. The van der Waals surface area contributed by atoms with E-state index in [2.05, 4.69) is 15.5 Å². The van der Waals surface area contributed by atoms with Crippen molar-refractivity contribution in [1.82, 2.24) is 20.0 Å². The molecule has 2 aromatic heterocycles. The molecule has 4 aromatic rings. The Hall–Kier alpha value is -3.81. The molecule has 148 valence electrons. The van der Waals surface area contributed by atoms with Crippen molar-refractivity contribution in [2.75, 3.05) is 14.2 Å². The van der Waals surface area contributed by atoms with Gasteiger partial charge in [-0.05, 0) is 30.3 Å². The van der Waals surface area contributed by atoms with Crippen molar-refractivity contribution in [3.8, 4) is 22.8 Å². The molecule has 0 radical (unpaired) electrons. The number of nitrogens with one attached hydrogen (secondary N) is 1. The number of rotatable bonds is 7. The number of hydrogen-bond acceptors (Lipinski definition) is 6. The molecule has 29 heavy (non-hydrogen) atoms. The molecule has 0 unspecified atom stereocenters. The van der Waals surface area contributed by atoms with Crippen molar-refractivity contribution in [1.29, 1.82) is 0 Å². The maximum absolute atomic E-state index is 12.3. The van der Waals surface area contributed by atoms with E-state index in [0.717, 1.165) is 16.6 Å². The van der Waals surface area contributed by atoms with Gasteiger partial charge < -0.3 is 23.9 Å². The van der Waals surface area contributed by atoms with Crippen LogP contribution in [-0.4, -0.2) is 34.8 Å². The molecule has 0 aliphatic rings. The quantitative estimate of drug-likeness (QED) is 0.520. The molecule has 2 aromatic carbocycles. The predicted molar refractivity (Wildman–Crippen MR) is 107 cm³/mol. The summed E-state index contributed by atoms with van der Waals surface area (Å²) in [6, 6.07) is 14.9. The molecule has 0 fully saturated rings. The minimum absolute atomic E-state index is 0.135. The summed E-state index contributed by atoms with van der Waals surface area (Å²) >= 11 is 0. The van der Waals surface area contributed by atoms with E-state index in [4.69, 9.17) is 14.0 Å². The first-order chi connectivity index (χ1) is 14.2. The van der Waals surface area contributed by atoms with Crippen LogP contribution in [0.25, 0.3) is 22.4 Å². The molecule has 0 saturated carbocycles. The standard InChI is InChI=1S/C21H20N4O4/c1-27-18-8-7-14(9-20(18)28-2)19-10-15(24-29-19)11-22-21(26)12-25-13-23-16-5-3-4-6-17(16)25/h3-10,13H,11-12H2,1-2H3,(H,22,26). The van der Waals surface area contributed by atoms with Crippen LogP contribution in [0.5, 0.6) is 11.5 Å². The Morgan fingerprint density at radius 2 is 1.93 bits per heavy atom. The Balaban J connectivity index is 1.40. The summed E-state index contributed by atoms with van der Waals surface area (Å²) in [5.41, 5.74) is 3.20. The zero-order valence-corrected chi connectivity index (χ0v) is 16.1. The number of nitrogens with zero attached hydrogens (tertiary/aromatic N) is 3. The van der Waals surface area contributed by atoms with E-state index in [9.17, 15) is 4.79 Å². The summed E-state index contributed by atoms with van der Waals surface area (Å²) < 4.78 is 17.8. The number of ether oxygens (including phenoxy) is 2. The first-order valence-electron chi connectivity index (χ1n) is 9.02. The molecular formula is C21H20N4O4. The summed E-state index contributed by atoms with van der Waals surface area (Å²) in [6.07, 6.45) is 1.66. The third-order valence-electron chi connectivity index (χ3n) is 4.54. The summed E-state index contributed by atoms with van der Waals surface area (Å²) in [5.74, 6) is 1.68. The van der Waals surface area contributed by atoms with E-state index in [1.807, 2.05) is 41.0 Å². The second-order valence-corrected chi connectivity index (χ2v) is 6.39. The van der Waals surface area contributed by atoms with Gasteiger partial charge in [-0.15, -0.1) is 0 Å². The zero-order chi connectivity index (χ0) is 20.2. The maximum Gasteiger partial charge on any atom is 0.240 e. The van der Waals surface area contributed by atoms with E-state index in [-0.39, 0.29) is 19.0 Å². The highest BCUT2D eigenvalue weighted by molar-refractivity contribution is 5.80. The number of imidazole rings is 1. The molecule has 0 aliphatic carbocycles. The second kappa shape index (κ2) is 8.05. The van der Waals surface area contributed by atoms with Crippen LogP contribution in [0.3, 0.4) is 0 Å². The number of aromatic nitrogens is 3. The Bertz CT molecular complexity index is 1150. The van der Waals surface area contributed by atoms with Gasteiger partial charge in [-0.25, -0.2) is 4.98 Å². The van der Waals surface area contributed by atoms with Crippen LogP contribution in [0.15, 0.2) is 59.4 Å². The van der Waals surface area contributed by atoms with Crippen LogP contribution >= 0.6 is 0 Å². The Labute approximate surface area is 167 Å². The minimum atomic E-state index is -0.135. The number of benzene rings is 2. The molecule has 0 aliphatic heterocycles. The van der Waals surface area contributed by atoms with Crippen LogP contribution in [0.4, 0.5) is 0 Å². The van der Waals surface area contributed by atoms with Crippen molar-refractivity contribution in [2.45, 2.75) is 13.1 Å². The number of para-hydroxylation sites is 2. The van der Waals surface area contributed by atoms with Gasteiger partial charge in [0.05, 0.1) is 38.1 Å². The lowest BCUT2D eigenvalue weighted by molar-refractivity contribution is -0.121. The average molecular weight is 392 g/mol. The van der Waals surface area contributed by atoms with Gasteiger partial charge in [0.25, 0.3) is 0 Å². The maximum atomic E-state index is 12.3. The van der Waals surface area contributed by atoms with Crippen LogP contribution in [0, 0.1) is 0 Å². The fourth-order valence-electron chi connectivity index (χ4n) is 3.06. The lowest BCUT2D eigenvalue weighted by atomic mass is 10.1. The first-order valence-corrected chi connectivity index (χ1v) is 9.02. The van der Waals surface area contributed by atoms with Crippen LogP contribution < -0.4 is 14.8 Å². The van der Waals surface area contributed by atoms with Gasteiger partial charge >= 0.3 is 0 Å². The third-order valence-corrected chi connectivity index (χ3v) is 4.54. The van der Waals surface area contributed by atoms with Gasteiger partial charge in [-0.1, -0.05) is 17.3 Å². The summed E-state index contributed by atoms with van der Waals surface area (Å²) in [7, 11) is 3.16. The number of hydrogen-bond donors (Lipinski definition) is 1. The van der Waals surface area contributed by atoms with E-state index in [0.29, 0.717) is 23.0 Å². The summed E-state index contributed by atoms with van der Waals surface area (Å²) in [5, 5.41) is 6.88. The fraction of sp³-hybridized carbons (Fsp3) is 0.190. The van der Waals surface area contributed by atoms with Gasteiger partial charge in [-0.2, -0.15) is 0 Å². The van der Waals surface area contributed by atoms with Crippen LogP contribution in [-0.2, 0) is 17.9 Å². The first kappa shape index (κ1) is 18.5. The molecule has 0 bridgehead atoms. The highest BCUT2D eigenvalue weighted by Gasteiger charge is 2.12. The number of carbonyl (C=O) groups is 1. The Kier molecular flexibility index (Phi) is 5.15. The van der Waals surface area contributed by atoms with Gasteiger partial charge in [0, 0.05) is 11.6 Å². The van der Waals surface area contributed by atoms with Crippen molar-refractivity contribution >= 4 is 16.9 Å². The highest BCUT2D eigenvalue weighted by atomic mass is 16.5. The van der Waals surface area contributed by atoms with Gasteiger partial charge in [0.15, 0.2) is 17.3 Å². The monoisotopic (exact) mass is 392 g/mol. The van der Waals surface area contributed by atoms with Gasteiger partial charge in [0.1, 0.15) is 12.2 Å². The average Bonchev–Trinajstić information content (AvgIpc) is 3.39. The second-order valence-electron chi connectivity index (χ2n) is 6.39. The van der Waals surface area contributed by atoms with Crippen molar-refractivity contribution < 1.29 is 18.8 Å². The van der Waals surface area contributed by atoms with E-state index < -0.39 is 0 Å². The number of carbonyl (C=O) groups excluding carboxylic acids is 1. The normalized spacial score (nSPS) is 10.8. The molecule has 1 amide bonds. The van der Waals surface area contributed by atoms with Crippen molar-refractivity contribution in [2.24, 2.45) is 0 Å². The van der Waals surface area contributed by atoms with E-state index >= 15 is 0 Å². The number of fused-ring (bicyclic) bond motifs is 1. The molecule has 0 spiro atoms. The predicted octanol–water partition coefficient (Wildman–Crippen LogP) is 3.02. The Morgan fingerprint density at radius 1 is 1.10 bits per heavy atom. The molecule has 4 rings (SSSR count). The SMILES string of the molecule is COc1ccc(-c2cc(CNC(=O)Cn3cnc4ccccc43)no2)cc1OC. The topological polar surface area (TPSA) is 91.4 Å². The highest BCUT2D eigenvalue weighted by Crippen LogP contribution is 2.32. The lowest BCUT2D eigenvalue weighted by Gasteiger charge is -2.07. The largest absolute Gasteiger partial charge is 0.493 e. The van der Waals surface area contributed by atoms with Crippen LogP contribution in [0.1, 0.15) is 5.69 Å². The van der Waals surface area contributed by atoms with E-state index in [1.165, 1.54) is 0 Å². The van der Waals surface area contributed by atoms with Crippen molar-refractivity contribution in [3.05, 3.63) is 60.6 Å².